The van der Waals surface area contributed by atoms with E-state index in [0.717, 1.165) is 5.56 Å². The third-order valence-corrected chi connectivity index (χ3v) is 4.68. The van der Waals surface area contributed by atoms with Crippen LogP contribution >= 0.6 is 22.9 Å². The van der Waals surface area contributed by atoms with E-state index in [1.54, 1.807) is 29.6 Å². The van der Waals surface area contributed by atoms with Gasteiger partial charge in [0.25, 0.3) is 5.91 Å². The van der Waals surface area contributed by atoms with Crippen molar-refractivity contribution in [2.45, 2.75) is 0 Å². The quantitative estimate of drug-likeness (QED) is 0.689. The molecule has 24 heavy (non-hydrogen) atoms. The second-order valence-electron chi connectivity index (χ2n) is 4.99. The number of nitrogens with one attached hydrogen (secondary N) is 1. The predicted molar refractivity (Wildman–Crippen MR) is 96.1 cm³/mol. The van der Waals surface area contributed by atoms with Gasteiger partial charge in [-0.3, -0.25) is 4.79 Å². The lowest BCUT2D eigenvalue weighted by atomic mass is 10.1. The number of carbonyl (C=O) groups excluding carboxylic acids is 1. The highest BCUT2D eigenvalue weighted by atomic mass is 35.5. The number of hydrogen-bond acceptors (Lipinski definition) is 3. The molecule has 4 nitrogen and oxygen atoms in total. The van der Waals surface area contributed by atoms with Gasteiger partial charge in [-0.05, 0) is 29.8 Å². The molecule has 0 bridgehead atoms. The fourth-order valence-electron chi connectivity index (χ4n) is 2.26. The molecule has 2 aromatic carbocycles. The Hall–Kier alpha value is -2.63. The average Bonchev–Trinajstić information content (AvgIpc) is 3.00. The number of amides is 1. The summed E-state index contributed by atoms with van der Waals surface area (Å²) in [6.07, 6.45) is 0. The van der Waals surface area contributed by atoms with E-state index in [0.29, 0.717) is 15.5 Å². The number of halogens is 1. The molecule has 1 heterocycles. The Morgan fingerprint density at radius 3 is 2.29 bits per heavy atom. The first-order chi connectivity index (χ1) is 11.6. The van der Waals surface area contributed by atoms with Gasteiger partial charge in [0, 0.05) is 16.0 Å². The molecule has 0 saturated carbocycles. The second kappa shape index (κ2) is 6.86. The molecule has 0 saturated heterocycles. The van der Waals surface area contributed by atoms with Gasteiger partial charge in [0.1, 0.15) is 5.56 Å². The Bertz CT molecular complexity index is 888. The van der Waals surface area contributed by atoms with E-state index >= 15 is 0 Å². The van der Waals surface area contributed by atoms with Crippen LogP contribution in [0.5, 0.6) is 0 Å². The Balaban J connectivity index is 1.94. The van der Waals surface area contributed by atoms with E-state index in [9.17, 15) is 14.7 Å². The summed E-state index contributed by atoms with van der Waals surface area (Å²) in [5.41, 5.74) is 1.58. The van der Waals surface area contributed by atoms with Crippen molar-refractivity contribution in [1.82, 2.24) is 0 Å². The summed E-state index contributed by atoms with van der Waals surface area (Å²) in [5, 5.41) is 14.4. The number of carbonyl (C=O) groups is 2. The molecular formula is C18H12ClNO3S. The molecule has 120 valence electrons. The number of thiophene rings is 1. The molecule has 0 fully saturated rings. The van der Waals surface area contributed by atoms with Crippen LogP contribution in [0.3, 0.4) is 0 Å². The maximum absolute atomic E-state index is 12.3. The van der Waals surface area contributed by atoms with Crippen LogP contribution in [0.4, 0.5) is 5.69 Å². The number of rotatable bonds is 4. The van der Waals surface area contributed by atoms with Crippen LogP contribution in [0.2, 0.25) is 5.02 Å². The summed E-state index contributed by atoms with van der Waals surface area (Å²) in [4.78, 5) is 24.6. The molecule has 0 aliphatic heterocycles. The van der Waals surface area contributed by atoms with E-state index in [1.165, 1.54) is 11.3 Å². The Morgan fingerprint density at radius 1 is 1.00 bits per heavy atom. The summed E-state index contributed by atoms with van der Waals surface area (Å²) >= 11 is 7.09. The molecule has 3 aromatic rings. The highest BCUT2D eigenvalue weighted by Gasteiger charge is 2.21. The van der Waals surface area contributed by atoms with Gasteiger partial charge < -0.3 is 10.4 Å². The highest BCUT2D eigenvalue weighted by molar-refractivity contribution is 7.14. The first kappa shape index (κ1) is 16.2. The maximum atomic E-state index is 12.3. The van der Waals surface area contributed by atoms with Crippen molar-refractivity contribution >= 4 is 40.5 Å². The van der Waals surface area contributed by atoms with Gasteiger partial charge in [-0.2, -0.15) is 0 Å². The Morgan fingerprint density at radius 2 is 1.67 bits per heavy atom. The number of carboxylic acid groups (broad SMARTS) is 1. The van der Waals surface area contributed by atoms with Crippen LogP contribution in [0.1, 0.15) is 20.7 Å². The van der Waals surface area contributed by atoms with Crippen LogP contribution < -0.4 is 5.32 Å². The molecule has 0 atom stereocenters. The summed E-state index contributed by atoms with van der Waals surface area (Å²) < 4.78 is 0. The Kier molecular flexibility index (Phi) is 4.64. The summed E-state index contributed by atoms with van der Waals surface area (Å²) in [6.45, 7) is 0. The molecule has 2 N–H and O–H groups in total. The fraction of sp³-hybridized carbons (Fsp3) is 0. The van der Waals surface area contributed by atoms with Crippen LogP contribution in [0.25, 0.3) is 10.4 Å². The molecule has 1 aromatic heterocycles. The van der Waals surface area contributed by atoms with Gasteiger partial charge in [-0.15, -0.1) is 11.3 Å². The molecule has 0 unspecified atom stereocenters. The largest absolute Gasteiger partial charge is 0.478 e. The second-order valence-corrected chi connectivity index (χ2v) is 6.30. The van der Waals surface area contributed by atoms with E-state index in [4.69, 9.17) is 11.6 Å². The molecular weight excluding hydrogens is 346 g/mol. The highest BCUT2D eigenvalue weighted by Crippen LogP contribution is 2.36. The van der Waals surface area contributed by atoms with Crippen LogP contribution in [0, 0.1) is 0 Å². The number of aromatic carboxylic acids is 1. The van der Waals surface area contributed by atoms with Crippen LogP contribution in [-0.2, 0) is 0 Å². The lowest BCUT2D eigenvalue weighted by Crippen LogP contribution is -2.13. The smallest absolute Gasteiger partial charge is 0.339 e. The Labute approximate surface area is 147 Å². The van der Waals surface area contributed by atoms with Crippen molar-refractivity contribution in [3.05, 3.63) is 76.1 Å². The summed E-state index contributed by atoms with van der Waals surface area (Å²) in [5.74, 6) is -1.46. The molecule has 0 radical (unpaired) electrons. The van der Waals surface area contributed by atoms with E-state index in [1.807, 2.05) is 30.3 Å². The lowest BCUT2D eigenvalue weighted by molar-refractivity contribution is 0.0699. The van der Waals surface area contributed by atoms with Crippen molar-refractivity contribution in [2.24, 2.45) is 0 Å². The van der Waals surface area contributed by atoms with Gasteiger partial charge >= 0.3 is 5.97 Å². The van der Waals surface area contributed by atoms with Crippen LogP contribution in [-0.4, -0.2) is 17.0 Å². The van der Waals surface area contributed by atoms with Crippen molar-refractivity contribution in [3.63, 3.8) is 0 Å². The number of hydrogen-bond donors (Lipinski definition) is 2. The van der Waals surface area contributed by atoms with E-state index in [-0.39, 0.29) is 17.2 Å². The SMILES string of the molecule is O=C(Nc1csc(-c2ccccc2)c1C(=O)O)c1ccc(Cl)cc1. The zero-order chi connectivity index (χ0) is 17.1. The number of carboxylic acids is 1. The predicted octanol–water partition coefficient (Wildman–Crippen LogP) is 5.02. The third kappa shape index (κ3) is 3.32. The van der Waals surface area contributed by atoms with E-state index in [2.05, 4.69) is 5.32 Å². The zero-order valence-corrected chi connectivity index (χ0v) is 13.9. The zero-order valence-electron chi connectivity index (χ0n) is 12.3. The van der Waals surface area contributed by atoms with Crippen LogP contribution in [0.15, 0.2) is 60.0 Å². The third-order valence-electron chi connectivity index (χ3n) is 3.40. The minimum Gasteiger partial charge on any atom is -0.478 e. The standard InChI is InChI=1S/C18H12ClNO3S/c19-13-8-6-12(7-9-13)17(21)20-14-10-24-16(15(14)18(22)23)11-4-2-1-3-5-11/h1-10H,(H,20,21)(H,22,23). The van der Waals surface area contributed by atoms with Gasteiger partial charge in [0.2, 0.25) is 0 Å². The molecule has 6 heteroatoms. The fourth-order valence-corrected chi connectivity index (χ4v) is 3.39. The first-order valence-corrected chi connectivity index (χ1v) is 8.29. The molecule has 0 aliphatic carbocycles. The molecule has 3 rings (SSSR count). The van der Waals surface area contributed by atoms with Crippen molar-refractivity contribution in [2.75, 3.05) is 5.32 Å². The van der Waals surface area contributed by atoms with Crippen molar-refractivity contribution < 1.29 is 14.7 Å². The van der Waals surface area contributed by atoms with E-state index < -0.39 is 5.97 Å². The van der Waals surface area contributed by atoms with Crippen molar-refractivity contribution in [1.29, 1.82) is 0 Å². The van der Waals surface area contributed by atoms with Gasteiger partial charge in [0.15, 0.2) is 0 Å². The average molecular weight is 358 g/mol. The van der Waals surface area contributed by atoms with Gasteiger partial charge in [-0.1, -0.05) is 41.9 Å². The molecule has 1 amide bonds. The number of benzene rings is 2. The molecule has 0 spiro atoms. The monoisotopic (exact) mass is 357 g/mol. The molecule has 0 aliphatic rings. The van der Waals surface area contributed by atoms with Gasteiger partial charge in [0.05, 0.1) is 10.6 Å². The minimum atomic E-state index is -1.08. The summed E-state index contributed by atoms with van der Waals surface area (Å²) in [6, 6.07) is 15.6. The normalized spacial score (nSPS) is 10.4. The minimum absolute atomic E-state index is 0.0912. The van der Waals surface area contributed by atoms with Crippen molar-refractivity contribution in [3.8, 4) is 10.4 Å². The summed E-state index contributed by atoms with van der Waals surface area (Å²) in [7, 11) is 0. The first-order valence-electron chi connectivity index (χ1n) is 7.03. The number of anilines is 1. The van der Waals surface area contributed by atoms with Gasteiger partial charge in [-0.25, -0.2) is 4.79 Å². The lowest BCUT2D eigenvalue weighted by Gasteiger charge is -2.06. The topological polar surface area (TPSA) is 66.4 Å². The maximum Gasteiger partial charge on any atom is 0.339 e.